The van der Waals surface area contributed by atoms with Gasteiger partial charge in [0, 0.05) is 12.1 Å². The Kier molecular flexibility index (Phi) is 4.90. The molecule has 1 aromatic carbocycles. The quantitative estimate of drug-likeness (QED) is 0.798. The third-order valence-electron chi connectivity index (χ3n) is 2.38. The summed E-state index contributed by atoms with van der Waals surface area (Å²) in [7, 11) is 0. The standard InChI is InChI=1S/C12H16FNO3/c1-2-4-11(12(15)16)17-10-6-3-5-9(13)8(10)7-14/h3,5-6,11H,2,4,7,14H2,1H3,(H,15,16). The predicted molar refractivity (Wildman–Crippen MR) is 61.3 cm³/mol. The fraction of sp³-hybridized carbons (Fsp3) is 0.417. The Morgan fingerprint density at radius 1 is 1.59 bits per heavy atom. The highest BCUT2D eigenvalue weighted by Crippen LogP contribution is 2.23. The number of halogens is 1. The Balaban J connectivity index is 2.92. The summed E-state index contributed by atoms with van der Waals surface area (Å²) in [5.41, 5.74) is 5.61. The summed E-state index contributed by atoms with van der Waals surface area (Å²) in [5.74, 6) is -1.34. The first-order valence-electron chi connectivity index (χ1n) is 5.47. The minimum absolute atomic E-state index is 0.0273. The lowest BCUT2D eigenvalue weighted by atomic mass is 10.1. The average molecular weight is 241 g/mol. The highest BCUT2D eigenvalue weighted by atomic mass is 19.1. The molecule has 0 saturated heterocycles. The van der Waals surface area contributed by atoms with Gasteiger partial charge in [-0.25, -0.2) is 9.18 Å². The molecule has 0 bridgehead atoms. The summed E-state index contributed by atoms with van der Waals surface area (Å²) < 4.78 is 18.7. The lowest BCUT2D eigenvalue weighted by Crippen LogP contribution is -2.27. The van der Waals surface area contributed by atoms with E-state index in [4.69, 9.17) is 15.6 Å². The van der Waals surface area contributed by atoms with Crippen LogP contribution in [0.25, 0.3) is 0 Å². The fourth-order valence-electron chi connectivity index (χ4n) is 1.50. The van der Waals surface area contributed by atoms with Crippen molar-refractivity contribution in [2.45, 2.75) is 32.4 Å². The van der Waals surface area contributed by atoms with Crippen molar-refractivity contribution in [1.29, 1.82) is 0 Å². The van der Waals surface area contributed by atoms with Crippen LogP contribution in [0.5, 0.6) is 5.75 Å². The number of nitrogens with two attached hydrogens (primary N) is 1. The van der Waals surface area contributed by atoms with Gasteiger partial charge in [0.05, 0.1) is 0 Å². The minimum Gasteiger partial charge on any atom is -0.479 e. The van der Waals surface area contributed by atoms with Crippen LogP contribution in [-0.2, 0) is 11.3 Å². The van der Waals surface area contributed by atoms with Crippen LogP contribution in [0.3, 0.4) is 0 Å². The maximum absolute atomic E-state index is 13.4. The molecular weight excluding hydrogens is 225 g/mol. The monoisotopic (exact) mass is 241 g/mol. The SMILES string of the molecule is CCCC(Oc1cccc(F)c1CN)C(=O)O. The molecule has 1 atom stereocenters. The lowest BCUT2D eigenvalue weighted by molar-refractivity contribution is -0.145. The Hall–Kier alpha value is -1.62. The van der Waals surface area contributed by atoms with Crippen molar-refractivity contribution in [3.8, 4) is 5.75 Å². The van der Waals surface area contributed by atoms with Crippen LogP contribution in [-0.4, -0.2) is 17.2 Å². The van der Waals surface area contributed by atoms with Crippen molar-refractivity contribution in [2.24, 2.45) is 5.73 Å². The first kappa shape index (κ1) is 13.4. The molecule has 0 aliphatic rings. The molecule has 0 radical (unpaired) electrons. The summed E-state index contributed by atoms with van der Waals surface area (Å²) in [4.78, 5) is 10.9. The number of aliphatic carboxylic acids is 1. The molecule has 0 heterocycles. The summed E-state index contributed by atoms with van der Waals surface area (Å²) in [6.45, 7) is 1.83. The van der Waals surface area contributed by atoms with Gasteiger partial charge in [-0.05, 0) is 18.6 Å². The second kappa shape index (κ2) is 6.20. The van der Waals surface area contributed by atoms with Gasteiger partial charge in [-0.2, -0.15) is 0 Å². The van der Waals surface area contributed by atoms with Crippen molar-refractivity contribution in [1.82, 2.24) is 0 Å². The van der Waals surface area contributed by atoms with E-state index in [1.54, 1.807) is 0 Å². The van der Waals surface area contributed by atoms with Crippen LogP contribution in [0.4, 0.5) is 4.39 Å². The maximum atomic E-state index is 13.4. The van der Waals surface area contributed by atoms with Crippen molar-refractivity contribution >= 4 is 5.97 Å². The van der Waals surface area contributed by atoms with E-state index in [9.17, 15) is 9.18 Å². The third kappa shape index (κ3) is 3.42. The van der Waals surface area contributed by atoms with E-state index in [-0.39, 0.29) is 17.9 Å². The van der Waals surface area contributed by atoms with Gasteiger partial charge in [-0.3, -0.25) is 0 Å². The van der Waals surface area contributed by atoms with Crippen molar-refractivity contribution in [3.63, 3.8) is 0 Å². The summed E-state index contributed by atoms with van der Waals surface area (Å²) in [6, 6.07) is 4.26. The van der Waals surface area contributed by atoms with Crippen LogP contribution in [0.1, 0.15) is 25.3 Å². The first-order valence-corrected chi connectivity index (χ1v) is 5.47. The van der Waals surface area contributed by atoms with Crippen LogP contribution in [0.15, 0.2) is 18.2 Å². The van der Waals surface area contributed by atoms with Crippen LogP contribution >= 0.6 is 0 Å². The highest BCUT2D eigenvalue weighted by Gasteiger charge is 2.20. The van der Waals surface area contributed by atoms with Crippen LogP contribution < -0.4 is 10.5 Å². The van der Waals surface area contributed by atoms with E-state index in [1.807, 2.05) is 6.92 Å². The van der Waals surface area contributed by atoms with Gasteiger partial charge >= 0.3 is 5.97 Å². The van der Waals surface area contributed by atoms with Gasteiger partial charge in [0.25, 0.3) is 0 Å². The number of carboxylic acids is 1. The Morgan fingerprint density at radius 2 is 2.29 bits per heavy atom. The number of hydrogen-bond acceptors (Lipinski definition) is 3. The molecule has 4 nitrogen and oxygen atoms in total. The first-order chi connectivity index (χ1) is 8.10. The largest absolute Gasteiger partial charge is 0.479 e. The van der Waals surface area contributed by atoms with Gasteiger partial charge in [0.15, 0.2) is 6.10 Å². The fourth-order valence-corrected chi connectivity index (χ4v) is 1.50. The van der Waals surface area contributed by atoms with Crippen molar-refractivity contribution in [3.05, 3.63) is 29.6 Å². The molecule has 0 fully saturated rings. The van der Waals surface area contributed by atoms with Crippen molar-refractivity contribution < 1.29 is 19.0 Å². The van der Waals surface area contributed by atoms with Gasteiger partial charge < -0.3 is 15.6 Å². The lowest BCUT2D eigenvalue weighted by Gasteiger charge is -2.16. The average Bonchev–Trinajstić information content (AvgIpc) is 2.28. The second-order valence-corrected chi connectivity index (χ2v) is 3.65. The zero-order chi connectivity index (χ0) is 12.8. The molecule has 0 saturated carbocycles. The predicted octanol–water partition coefficient (Wildman–Crippen LogP) is 1.92. The number of carbonyl (C=O) groups is 1. The van der Waals surface area contributed by atoms with E-state index in [2.05, 4.69) is 0 Å². The molecule has 0 aromatic heterocycles. The van der Waals surface area contributed by atoms with E-state index in [1.165, 1.54) is 18.2 Å². The Labute approximate surface area is 99.2 Å². The number of benzene rings is 1. The normalized spacial score (nSPS) is 12.2. The molecule has 1 unspecified atom stereocenters. The molecule has 94 valence electrons. The van der Waals surface area contributed by atoms with Gasteiger partial charge in [-0.15, -0.1) is 0 Å². The van der Waals surface area contributed by atoms with Gasteiger partial charge in [0.1, 0.15) is 11.6 Å². The molecule has 3 N–H and O–H groups in total. The molecular formula is C12H16FNO3. The molecule has 1 rings (SSSR count). The van der Waals surface area contributed by atoms with Gasteiger partial charge in [0.2, 0.25) is 0 Å². The minimum atomic E-state index is -1.06. The van der Waals surface area contributed by atoms with E-state index in [0.717, 1.165) is 0 Å². The number of rotatable bonds is 6. The third-order valence-corrected chi connectivity index (χ3v) is 2.38. The zero-order valence-electron chi connectivity index (χ0n) is 9.65. The number of hydrogen-bond donors (Lipinski definition) is 2. The molecule has 0 aliphatic carbocycles. The number of carboxylic acid groups (broad SMARTS) is 1. The zero-order valence-corrected chi connectivity index (χ0v) is 9.65. The van der Waals surface area contributed by atoms with Crippen LogP contribution in [0.2, 0.25) is 0 Å². The molecule has 0 amide bonds. The summed E-state index contributed by atoms with van der Waals surface area (Å²) in [6.07, 6.45) is 0.0761. The number of ether oxygens (including phenoxy) is 1. The van der Waals surface area contributed by atoms with E-state index >= 15 is 0 Å². The second-order valence-electron chi connectivity index (χ2n) is 3.65. The van der Waals surface area contributed by atoms with Crippen LogP contribution in [0, 0.1) is 5.82 Å². The molecule has 0 aliphatic heterocycles. The Bertz CT molecular complexity index is 395. The molecule has 5 heteroatoms. The van der Waals surface area contributed by atoms with E-state index < -0.39 is 17.9 Å². The van der Waals surface area contributed by atoms with Crippen molar-refractivity contribution in [2.75, 3.05) is 0 Å². The maximum Gasteiger partial charge on any atom is 0.344 e. The molecule has 17 heavy (non-hydrogen) atoms. The smallest absolute Gasteiger partial charge is 0.344 e. The summed E-state index contributed by atoms with van der Waals surface area (Å²) >= 11 is 0. The molecule has 0 spiro atoms. The highest BCUT2D eigenvalue weighted by molar-refractivity contribution is 5.72. The van der Waals surface area contributed by atoms with E-state index in [0.29, 0.717) is 12.8 Å². The van der Waals surface area contributed by atoms with Gasteiger partial charge in [-0.1, -0.05) is 19.4 Å². The summed E-state index contributed by atoms with van der Waals surface area (Å²) in [5, 5.41) is 8.95. The Morgan fingerprint density at radius 3 is 2.82 bits per heavy atom. The molecule has 1 aromatic rings. The topological polar surface area (TPSA) is 72.5 Å².